The molecule has 0 amide bonds. The third-order valence-electron chi connectivity index (χ3n) is 8.94. The zero-order valence-electron chi connectivity index (χ0n) is 32.9. The number of carboxylic acid groups (broad SMARTS) is 4. The van der Waals surface area contributed by atoms with Crippen molar-refractivity contribution in [1.29, 1.82) is 0 Å². The van der Waals surface area contributed by atoms with E-state index in [1.807, 2.05) is 0 Å². The second-order valence-corrected chi connectivity index (χ2v) is 18.3. The van der Waals surface area contributed by atoms with Crippen molar-refractivity contribution in [3.8, 4) is 0 Å². The summed E-state index contributed by atoms with van der Waals surface area (Å²) < 4.78 is 3.31. The Morgan fingerprint density at radius 2 is 0.647 bits per heavy atom. The number of hydrogen-bond donors (Lipinski definition) is 2. The van der Waals surface area contributed by atoms with Crippen LogP contribution in [0.2, 0.25) is 8.87 Å². The summed E-state index contributed by atoms with van der Waals surface area (Å²) in [7, 11) is 0. The molecule has 51 heavy (non-hydrogen) atoms. The number of aliphatic hydroxyl groups is 2. The first-order valence-electron chi connectivity index (χ1n) is 20.2. The van der Waals surface area contributed by atoms with Gasteiger partial charge in [-0.25, -0.2) is 0 Å². The van der Waals surface area contributed by atoms with Crippen LogP contribution in [0.4, 0.5) is 0 Å². The average Bonchev–Trinajstić information content (AvgIpc) is 3.06. The Labute approximate surface area is 321 Å². The fourth-order valence-electron chi connectivity index (χ4n) is 5.58. The van der Waals surface area contributed by atoms with E-state index in [4.69, 9.17) is 0 Å². The van der Waals surface area contributed by atoms with Crippen LogP contribution in [0.25, 0.3) is 0 Å². The molecule has 2 atom stereocenters. The number of carbonyl (C=O) groups is 4. The van der Waals surface area contributed by atoms with E-state index in [0.29, 0.717) is 12.8 Å². The molecular formula is C40H74O10Sn. The van der Waals surface area contributed by atoms with Gasteiger partial charge in [-0.1, -0.05) is 90.9 Å². The van der Waals surface area contributed by atoms with E-state index < -0.39 is 47.9 Å². The first kappa shape index (κ1) is 53.9. The van der Waals surface area contributed by atoms with E-state index >= 15 is 0 Å². The summed E-state index contributed by atoms with van der Waals surface area (Å²) in [5, 5.41) is 61.2. The summed E-state index contributed by atoms with van der Waals surface area (Å²) >= 11 is 0.0736. The Balaban J connectivity index is -0.000000678. The molecule has 0 bridgehead atoms. The van der Waals surface area contributed by atoms with Gasteiger partial charge in [0, 0.05) is 24.8 Å². The van der Waals surface area contributed by atoms with Crippen LogP contribution in [0.3, 0.4) is 0 Å². The van der Waals surface area contributed by atoms with Gasteiger partial charge in [-0.2, -0.15) is 0 Å². The van der Waals surface area contributed by atoms with Gasteiger partial charge in [-0.05, 0) is 12.8 Å². The number of unbranched alkanes of at least 4 members (excludes halogenated alkanes) is 20. The molecule has 0 aromatic heterocycles. The number of hydrogen-bond acceptors (Lipinski definition) is 10. The van der Waals surface area contributed by atoms with Crippen LogP contribution in [0.5, 0.6) is 0 Å². The molecule has 6 radical (unpaired) electrons. The van der Waals surface area contributed by atoms with Crippen LogP contribution in [0.1, 0.15) is 207 Å². The van der Waals surface area contributed by atoms with Gasteiger partial charge in [0.1, 0.15) is 11.2 Å². The molecule has 0 saturated heterocycles. The number of carbonyl (C=O) groups excluding carboxylic acids is 4. The van der Waals surface area contributed by atoms with Crippen LogP contribution in [-0.2, 0) is 19.2 Å². The van der Waals surface area contributed by atoms with Gasteiger partial charge < -0.3 is 49.8 Å². The van der Waals surface area contributed by atoms with Crippen molar-refractivity contribution in [3.05, 3.63) is 0 Å². The molecule has 0 aliphatic heterocycles. The molecule has 0 spiro atoms. The Morgan fingerprint density at radius 1 is 0.412 bits per heavy atom. The SMILES string of the molecule is CCCCCCCCC(O)(CC(=O)[O-])C(=O)[O-].CCCCCCCCC(O)(CC(=O)[O-])C(=O)[O-].CCCCCCC[CH2][Sn+4][CH2]CCCCCCC. The zero-order chi connectivity index (χ0) is 39.2. The van der Waals surface area contributed by atoms with E-state index in [1.165, 1.54) is 64.2 Å². The van der Waals surface area contributed by atoms with E-state index in [9.17, 15) is 49.8 Å². The Kier molecular flexibility index (Phi) is 40.5. The number of carboxylic acids is 4. The molecule has 0 fully saturated rings. The van der Waals surface area contributed by atoms with Crippen molar-refractivity contribution in [2.45, 2.75) is 228 Å². The van der Waals surface area contributed by atoms with Crippen LogP contribution in [0, 0.1) is 0 Å². The zero-order valence-corrected chi connectivity index (χ0v) is 35.7. The summed E-state index contributed by atoms with van der Waals surface area (Å²) in [4.78, 5) is 42.0. The van der Waals surface area contributed by atoms with Crippen LogP contribution in [-0.4, -0.2) is 66.4 Å². The molecular weight excluding hydrogens is 759 g/mol. The second kappa shape index (κ2) is 38.3. The molecule has 298 valence electrons. The van der Waals surface area contributed by atoms with E-state index in [0.717, 1.165) is 64.2 Å². The van der Waals surface area contributed by atoms with Gasteiger partial charge in [0.25, 0.3) is 0 Å². The summed E-state index contributed by atoms with van der Waals surface area (Å²) in [6.45, 7) is 8.79. The fourth-order valence-corrected chi connectivity index (χ4v) is 9.15. The van der Waals surface area contributed by atoms with Crippen LogP contribution < -0.4 is 20.4 Å². The monoisotopic (exact) mass is 834 g/mol. The standard InChI is InChI=1S/2C12H22O5.2C8H17.Sn/c2*1-2-3-4-5-6-7-8-12(17,11(15)16)9-10(13)14;2*1-3-5-7-8-6-4-2;/h2*17H,2-9H2,1H3,(H,13,14)(H,15,16);2*1,3-8H2,2H3;/q;;;;+4/p-4. The topological polar surface area (TPSA) is 201 Å². The quantitative estimate of drug-likeness (QED) is 0.0659. The Hall–Kier alpha value is -1.40. The first-order valence-corrected chi connectivity index (χ1v) is 24.3. The molecule has 2 unspecified atom stereocenters. The molecule has 0 saturated carbocycles. The summed E-state index contributed by atoms with van der Waals surface area (Å²) in [6.07, 6.45) is 26.9. The van der Waals surface area contributed by atoms with Crippen molar-refractivity contribution < 1.29 is 49.8 Å². The molecule has 11 heteroatoms. The van der Waals surface area contributed by atoms with Crippen molar-refractivity contribution in [2.24, 2.45) is 0 Å². The molecule has 2 N–H and O–H groups in total. The van der Waals surface area contributed by atoms with Crippen LogP contribution in [0.15, 0.2) is 0 Å². The molecule has 10 nitrogen and oxygen atoms in total. The predicted octanol–water partition coefficient (Wildman–Crippen LogP) is 4.96. The van der Waals surface area contributed by atoms with E-state index in [2.05, 4.69) is 27.7 Å². The van der Waals surface area contributed by atoms with Crippen molar-refractivity contribution >= 4 is 45.0 Å². The third-order valence-corrected chi connectivity index (χ3v) is 13.0. The Morgan fingerprint density at radius 3 is 0.882 bits per heavy atom. The van der Waals surface area contributed by atoms with Crippen molar-refractivity contribution in [3.63, 3.8) is 0 Å². The minimum absolute atomic E-state index is 0.0736. The molecule has 0 heterocycles. The van der Waals surface area contributed by atoms with Crippen molar-refractivity contribution in [2.75, 3.05) is 0 Å². The van der Waals surface area contributed by atoms with Gasteiger partial charge in [0.15, 0.2) is 0 Å². The predicted molar refractivity (Wildman–Crippen MR) is 197 cm³/mol. The van der Waals surface area contributed by atoms with Gasteiger partial charge >= 0.3 is 121 Å². The van der Waals surface area contributed by atoms with Gasteiger partial charge in [-0.15, -0.1) is 0 Å². The second-order valence-electron chi connectivity index (χ2n) is 14.1. The van der Waals surface area contributed by atoms with Gasteiger partial charge in [-0.3, -0.25) is 0 Å². The average molecular weight is 834 g/mol. The summed E-state index contributed by atoms with van der Waals surface area (Å²) in [5.41, 5.74) is -4.58. The first-order chi connectivity index (χ1) is 24.3. The number of rotatable bonds is 34. The number of aliphatic carboxylic acids is 4. The molecule has 0 aromatic rings. The Bertz CT molecular complexity index is 774. The van der Waals surface area contributed by atoms with Crippen molar-refractivity contribution in [1.82, 2.24) is 0 Å². The molecule has 0 aromatic carbocycles. The maximum absolute atomic E-state index is 10.7. The fraction of sp³-hybridized carbons (Fsp3) is 0.900. The third kappa shape index (κ3) is 38.1. The van der Waals surface area contributed by atoms with E-state index in [1.54, 1.807) is 21.7 Å². The summed E-state index contributed by atoms with van der Waals surface area (Å²) in [6, 6.07) is 0. The van der Waals surface area contributed by atoms with Gasteiger partial charge in [0.05, 0.1) is 11.9 Å². The minimum atomic E-state index is -2.29. The van der Waals surface area contributed by atoms with Gasteiger partial charge in [0.2, 0.25) is 0 Å². The van der Waals surface area contributed by atoms with Crippen LogP contribution >= 0.6 is 0 Å². The summed E-state index contributed by atoms with van der Waals surface area (Å²) in [5.74, 6) is -6.64. The molecule has 0 aliphatic carbocycles. The molecule has 0 aliphatic rings. The maximum atomic E-state index is 10.7. The van der Waals surface area contributed by atoms with E-state index in [-0.39, 0.29) is 34.0 Å². The molecule has 0 rings (SSSR count). The normalized spacial score (nSPS) is 13.1.